The number of ether oxygens (including phenoxy) is 3. The number of hydrogen-bond donors (Lipinski definition) is 1. The van der Waals surface area contributed by atoms with Crippen LogP contribution in [0.4, 0.5) is 0 Å². The van der Waals surface area contributed by atoms with E-state index in [-0.39, 0.29) is 11.7 Å². The van der Waals surface area contributed by atoms with Gasteiger partial charge in [0.15, 0.2) is 0 Å². The quantitative estimate of drug-likeness (QED) is 0.913. The van der Waals surface area contributed by atoms with Crippen molar-refractivity contribution in [1.29, 1.82) is 0 Å². The lowest BCUT2D eigenvalue weighted by atomic mass is 10.1. The summed E-state index contributed by atoms with van der Waals surface area (Å²) in [7, 11) is 0. The molecule has 0 fully saturated rings. The highest BCUT2D eigenvalue weighted by molar-refractivity contribution is 9.10. The van der Waals surface area contributed by atoms with Gasteiger partial charge in [0.05, 0.1) is 6.61 Å². The summed E-state index contributed by atoms with van der Waals surface area (Å²) in [6.07, 6.45) is 2.25. The molecule has 0 bridgehead atoms. The van der Waals surface area contributed by atoms with Crippen molar-refractivity contribution in [3.05, 3.63) is 39.8 Å². The van der Waals surface area contributed by atoms with Crippen molar-refractivity contribution in [2.75, 3.05) is 19.8 Å². The largest absolute Gasteiger partial charge is 0.494 e. The van der Waals surface area contributed by atoms with Crippen LogP contribution in [0, 0.1) is 0 Å². The van der Waals surface area contributed by atoms with Gasteiger partial charge in [0.1, 0.15) is 25.2 Å². The number of carbonyl (C=O) groups is 1. The minimum atomic E-state index is -0.281. The van der Waals surface area contributed by atoms with Gasteiger partial charge in [-0.1, -0.05) is 15.9 Å². The number of hydrogen-bond acceptors (Lipinski definition) is 4. The minimum absolute atomic E-state index is 0.212. The molecular weight excluding hydrogens is 326 g/mol. The van der Waals surface area contributed by atoms with Crippen molar-refractivity contribution in [3.63, 3.8) is 0 Å². The van der Waals surface area contributed by atoms with E-state index in [2.05, 4.69) is 21.2 Å². The third-order valence-corrected chi connectivity index (χ3v) is 3.60. The highest BCUT2D eigenvalue weighted by atomic mass is 79.9. The molecule has 2 heterocycles. The molecule has 1 N–H and O–H groups in total. The molecule has 3 rings (SSSR count). The van der Waals surface area contributed by atoms with E-state index in [1.165, 1.54) is 11.8 Å². The van der Waals surface area contributed by atoms with Gasteiger partial charge in [-0.3, -0.25) is 4.79 Å². The molecule has 6 heteroatoms. The van der Waals surface area contributed by atoms with Gasteiger partial charge in [-0.15, -0.1) is 0 Å². The van der Waals surface area contributed by atoms with Crippen LogP contribution in [0.3, 0.4) is 0 Å². The van der Waals surface area contributed by atoms with E-state index >= 15 is 0 Å². The summed E-state index contributed by atoms with van der Waals surface area (Å²) in [6, 6.07) is 4.01. The van der Waals surface area contributed by atoms with E-state index in [1.54, 1.807) is 0 Å². The normalized spacial score (nSPS) is 16.4. The average Bonchev–Trinajstić information content (AvgIpc) is 2.93. The zero-order chi connectivity index (χ0) is 13.9. The van der Waals surface area contributed by atoms with Crippen molar-refractivity contribution in [3.8, 4) is 5.75 Å². The summed E-state index contributed by atoms with van der Waals surface area (Å²) < 4.78 is 16.9. The summed E-state index contributed by atoms with van der Waals surface area (Å²) in [4.78, 5) is 11.9. The number of fused-ring (bicyclic) bond motifs is 1. The second kappa shape index (κ2) is 5.75. The van der Waals surface area contributed by atoms with Crippen LogP contribution in [-0.4, -0.2) is 25.7 Å². The maximum absolute atomic E-state index is 11.9. The molecule has 1 aromatic carbocycles. The molecule has 1 amide bonds. The van der Waals surface area contributed by atoms with Crippen LogP contribution in [0.5, 0.6) is 5.75 Å². The van der Waals surface area contributed by atoms with Crippen molar-refractivity contribution in [2.45, 2.75) is 13.0 Å². The third kappa shape index (κ3) is 2.75. The summed E-state index contributed by atoms with van der Waals surface area (Å²) in [5.74, 6) is 0.809. The van der Waals surface area contributed by atoms with Crippen LogP contribution in [0.25, 0.3) is 0 Å². The van der Waals surface area contributed by atoms with E-state index in [4.69, 9.17) is 14.2 Å². The van der Waals surface area contributed by atoms with Gasteiger partial charge in [0.25, 0.3) is 5.91 Å². The SMILES string of the molecule is O=C(NCc1cc(Br)cc2c1OCC2)C1=COCCO1. The molecule has 2 aliphatic rings. The second-order valence-corrected chi connectivity index (χ2v) is 5.45. The molecule has 0 aliphatic carbocycles. The zero-order valence-corrected chi connectivity index (χ0v) is 12.4. The Labute approximate surface area is 125 Å². The van der Waals surface area contributed by atoms with E-state index in [0.29, 0.717) is 26.4 Å². The molecule has 0 unspecified atom stereocenters. The van der Waals surface area contributed by atoms with Crippen molar-refractivity contribution in [2.24, 2.45) is 0 Å². The third-order valence-electron chi connectivity index (χ3n) is 3.14. The van der Waals surface area contributed by atoms with E-state index in [1.807, 2.05) is 12.1 Å². The Morgan fingerprint density at radius 3 is 2.95 bits per heavy atom. The first-order chi connectivity index (χ1) is 9.74. The van der Waals surface area contributed by atoms with Gasteiger partial charge in [0.2, 0.25) is 5.76 Å². The smallest absolute Gasteiger partial charge is 0.289 e. The summed E-state index contributed by atoms with van der Waals surface area (Å²) in [6.45, 7) is 1.95. The monoisotopic (exact) mass is 339 g/mol. The average molecular weight is 340 g/mol. The van der Waals surface area contributed by atoms with Gasteiger partial charge >= 0.3 is 0 Å². The molecule has 0 saturated carbocycles. The van der Waals surface area contributed by atoms with Crippen LogP contribution in [0.15, 0.2) is 28.6 Å². The predicted octanol–water partition coefficient (Wildman–Crippen LogP) is 1.89. The fourth-order valence-corrected chi connectivity index (χ4v) is 2.78. The number of rotatable bonds is 3. The molecule has 20 heavy (non-hydrogen) atoms. The first-order valence-corrected chi connectivity index (χ1v) is 7.20. The number of carbonyl (C=O) groups excluding carboxylic acids is 1. The highest BCUT2D eigenvalue weighted by Crippen LogP contribution is 2.32. The van der Waals surface area contributed by atoms with Gasteiger partial charge in [-0.25, -0.2) is 0 Å². The molecule has 2 aliphatic heterocycles. The molecule has 0 spiro atoms. The molecule has 0 saturated heterocycles. The first kappa shape index (κ1) is 13.3. The molecular formula is C14H14BrNO4. The van der Waals surface area contributed by atoms with Gasteiger partial charge in [-0.05, 0) is 17.7 Å². The fraction of sp³-hybridized carbons (Fsp3) is 0.357. The summed E-state index contributed by atoms with van der Waals surface area (Å²) in [5.41, 5.74) is 2.12. The summed E-state index contributed by atoms with van der Waals surface area (Å²) >= 11 is 3.48. The Hall–Kier alpha value is -1.69. The van der Waals surface area contributed by atoms with E-state index in [9.17, 15) is 4.79 Å². The Morgan fingerprint density at radius 2 is 2.15 bits per heavy atom. The lowest BCUT2D eigenvalue weighted by Crippen LogP contribution is -2.28. The maximum atomic E-state index is 11.9. The molecule has 0 atom stereocenters. The van der Waals surface area contributed by atoms with E-state index in [0.717, 1.165) is 22.2 Å². The standard InChI is InChI=1S/C14H14BrNO4/c15-11-5-9-1-2-20-13(9)10(6-11)7-16-14(17)12-8-18-3-4-19-12/h5-6,8H,1-4,7H2,(H,16,17). The van der Waals surface area contributed by atoms with Crippen molar-refractivity contribution in [1.82, 2.24) is 5.32 Å². The van der Waals surface area contributed by atoms with Crippen LogP contribution in [0.1, 0.15) is 11.1 Å². The van der Waals surface area contributed by atoms with Gasteiger partial charge in [-0.2, -0.15) is 0 Å². The van der Waals surface area contributed by atoms with Crippen molar-refractivity contribution < 1.29 is 19.0 Å². The van der Waals surface area contributed by atoms with Crippen molar-refractivity contribution >= 4 is 21.8 Å². The predicted molar refractivity (Wildman–Crippen MR) is 75.2 cm³/mol. The Balaban J connectivity index is 1.69. The lowest BCUT2D eigenvalue weighted by Gasteiger charge is -2.15. The number of nitrogens with one attached hydrogen (secondary N) is 1. The van der Waals surface area contributed by atoms with Gasteiger partial charge in [0, 0.05) is 23.0 Å². The molecule has 5 nitrogen and oxygen atoms in total. The van der Waals surface area contributed by atoms with Crippen LogP contribution < -0.4 is 10.1 Å². The van der Waals surface area contributed by atoms with Crippen LogP contribution in [-0.2, 0) is 27.2 Å². The molecule has 106 valence electrons. The number of benzene rings is 1. The maximum Gasteiger partial charge on any atom is 0.289 e. The number of halogens is 1. The first-order valence-electron chi connectivity index (χ1n) is 6.41. The Morgan fingerprint density at radius 1 is 1.25 bits per heavy atom. The molecule has 0 radical (unpaired) electrons. The second-order valence-electron chi connectivity index (χ2n) is 4.54. The summed E-state index contributed by atoms with van der Waals surface area (Å²) in [5, 5.41) is 2.81. The lowest BCUT2D eigenvalue weighted by molar-refractivity contribution is -0.122. The van der Waals surface area contributed by atoms with Gasteiger partial charge < -0.3 is 19.5 Å². The Kier molecular flexibility index (Phi) is 3.82. The molecule has 1 aromatic rings. The number of amides is 1. The Bertz CT molecular complexity index is 571. The fourth-order valence-electron chi connectivity index (χ4n) is 2.23. The highest BCUT2D eigenvalue weighted by Gasteiger charge is 2.19. The van der Waals surface area contributed by atoms with Crippen LogP contribution in [0.2, 0.25) is 0 Å². The van der Waals surface area contributed by atoms with E-state index < -0.39 is 0 Å². The molecule has 0 aromatic heterocycles. The topological polar surface area (TPSA) is 56.8 Å². The minimum Gasteiger partial charge on any atom is -0.494 e. The zero-order valence-electron chi connectivity index (χ0n) is 10.8. The van der Waals surface area contributed by atoms with Crippen LogP contribution >= 0.6 is 15.9 Å².